The zero-order valence-corrected chi connectivity index (χ0v) is 10.7. The molecule has 0 fully saturated rings. The van der Waals surface area contributed by atoms with Gasteiger partial charge in [-0.3, -0.25) is 9.59 Å². The average Bonchev–Trinajstić information content (AvgIpc) is 2.13. The Morgan fingerprint density at radius 2 is 1.80 bits per heavy atom. The van der Waals surface area contributed by atoms with Crippen LogP contribution in [0.15, 0.2) is 0 Å². The summed E-state index contributed by atoms with van der Waals surface area (Å²) < 4.78 is -1.09. The van der Waals surface area contributed by atoms with E-state index in [1.165, 1.54) is 6.92 Å². The highest BCUT2D eigenvalue weighted by Crippen LogP contribution is 2.22. The van der Waals surface area contributed by atoms with Crippen LogP contribution in [-0.4, -0.2) is 48.9 Å². The topological polar surface area (TPSA) is 94.8 Å². The summed E-state index contributed by atoms with van der Waals surface area (Å²) in [7, 11) is 0. The van der Waals surface area contributed by atoms with Gasteiger partial charge in [-0.05, 0) is 22.9 Å². The van der Waals surface area contributed by atoms with Gasteiger partial charge in [0.2, 0.25) is 10.3 Å². The highest BCUT2D eigenvalue weighted by atomic mass is 79.9. The van der Waals surface area contributed by atoms with Crippen LogP contribution < -0.4 is 0 Å². The molecule has 0 heterocycles. The van der Waals surface area contributed by atoms with E-state index in [9.17, 15) is 24.9 Å². The molecule has 0 aromatic rings. The van der Waals surface area contributed by atoms with Crippen molar-refractivity contribution in [1.82, 2.24) is 0 Å². The molecule has 0 spiro atoms. The molecule has 0 aliphatic rings. The molecule has 5 nitrogen and oxygen atoms in total. The molecule has 15 heavy (non-hydrogen) atoms. The fourth-order valence-electron chi connectivity index (χ4n) is 0.974. The van der Waals surface area contributed by atoms with E-state index in [1.54, 1.807) is 0 Å². The predicted molar refractivity (Wildman–Crippen MR) is 60.0 cm³/mol. The zero-order valence-electron chi connectivity index (χ0n) is 8.22. The molecule has 4 atom stereocenters. The van der Waals surface area contributed by atoms with E-state index in [2.05, 4.69) is 28.6 Å². The molecule has 0 aliphatic carbocycles. The van der Waals surface area contributed by atoms with Crippen LogP contribution in [0.5, 0.6) is 0 Å². The minimum absolute atomic E-state index is 0.697. The second-order valence-electron chi connectivity index (χ2n) is 3.27. The van der Waals surface area contributed by atoms with Crippen molar-refractivity contribution in [2.75, 3.05) is 0 Å². The van der Waals surface area contributed by atoms with Crippen molar-refractivity contribution in [2.24, 2.45) is 0 Å². The summed E-state index contributed by atoms with van der Waals surface area (Å²) in [4.78, 5) is 22.1. The summed E-state index contributed by atoms with van der Waals surface area (Å²) in [6.07, 6.45) is -3.42. The van der Waals surface area contributed by atoms with E-state index in [0.717, 1.165) is 6.92 Å². The quantitative estimate of drug-likeness (QED) is 0.305. The Morgan fingerprint density at radius 1 is 1.40 bits per heavy atom. The molecule has 7 heteroatoms. The molecule has 0 amide bonds. The molecular weight excluding hydrogens is 288 g/mol. The molecule has 0 aromatic carbocycles. The fourth-order valence-corrected chi connectivity index (χ4v) is 1.65. The summed E-state index contributed by atoms with van der Waals surface area (Å²) in [5.74, 6) is -0.954. The van der Waals surface area contributed by atoms with Crippen molar-refractivity contribution in [2.45, 2.75) is 36.9 Å². The number of thiol groups is 1. The van der Waals surface area contributed by atoms with E-state index in [4.69, 9.17) is 0 Å². The summed E-state index contributed by atoms with van der Waals surface area (Å²) in [6, 6.07) is 0. The molecule has 0 rings (SSSR count). The zero-order chi connectivity index (χ0) is 12.4. The molecule has 0 bridgehead atoms. The van der Waals surface area contributed by atoms with Gasteiger partial charge in [0.05, 0.1) is 6.10 Å². The number of ketones is 1. The van der Waals surface area contributed by atoms with Crippen LogP contribution in [-0.2, 0) is 9.59 Å². The van der Waals surface area contributed by atoms with Gasteiger partial charge in [-0.2, -0.15) is 12.6 Å². The minimum Gasteiger partial charge on any atom is -0.389 e. The first-order chi connectivity index (χ1) is 6.65. The minimum atomic E-state index is -2.64. The molecule has 0 saturated carbocycles. The molecule has 0 saturated heterocycles. The van der Waals surface area contributed by atoms with Crippen LogP contribution in [0.25, 0.3) is 0 Å². The SMILES string of the molecule is CC(=O)[C@](O)(C(=O)Br)[C@@H](O)[C@H](O)[C@@H](C)S. The lowest BCUT2D eigenvalue weighted by Gasteiger charge is -2.31. The fraction of sp³-hybridized carbons (Fsp3) is 0.750. The first-order valence-electron chi connectivity index (χ1n) is 4.13. The van der Waals surface area contributed by atoms with Gasteiger partial charge < -0.3 is 15.3 Å². The monoisotopic (exact) mass is 300 g/mol. The van der Waals surface area contributed by atoms with Crippen molar-refractivity contribution >= 4 is 39.0 Å². The Bertz CT molecular complexity index is 254. The lowest BCUT2D eigenvalue weighted by atomic mass is 9.89. The van der Waals surface area contributed by atoms with Gasteiger partial charge >= 0.3 is 0 Å². The lowest BCUT2D eigenvalue weighted by Crippen LogP contribution is -2.59. The van der Waals surface area contributed by atoms with Crippen LogP contribution in [0.4, 0.5) is 0 Å². The van der Waals surface area contributed by atoms with Gasteiger partial charge in [0.1, 0.15) is 6.10 Å². The lowest BCUT2D eigenvalue weighted by molar-refractivity contribution is -0.165. The number of Topliss-reactive ketones (excluding diaryl/α,β-unsaturated/α-hetero) is 1. The van der Waals surface area contributed by atoms with Crippen molar-refractivity contribution in [1.29, 1.82) is 0 Å². The molecular formula is C8H13BrO5S. The third kappa shape index (κ3) is 3.01. The van der Waals surface area contributed by atoms with Crippen LogP contribution in [0.3, 0.4) is 0 Å². The summed E-state index contributed by atoms with van der Waals surface area (Å²) in [5.41, 5.74) is -2.64. The van der Waals surface area contributed by atoms with E-state index >= 15 is 0 Å². The molecule has 3 N–H and O–H groups in total. The van der Waals surface area contributed by atoms with Crippen molar-refractivity contribution < 1.29 is 24.9 Å². The van der Waals surface area contributed by atoms with E-state index in [0.29, 0.717) is 0 Å². The Kier molecular flexibility index (Phi) is 5.42. The highest BCUT2D eigenvalue weighted by molar-refractivity contribution is 9.18. The molecule has 0 aromatic heterocycles. The number of carbonyl (C=O) groups excluding carboxylic acids is 2. The van der Waals surface area contributed by atoms with E-state index < -0.39 is 33.5 Å². The van der Waals surface area contributed by atoms with Gasteiger partial charge in [0, 0.05) is 5.25 Å². The Morgan fingerprint density at radius 3 is 2.00 bits per heavy atom. The Balaban J connectivity index is 5.12. The van der Waals surface area contributed by atoms with Crippen LogP contribution in [0.1, 0.15) is 13.8 Å². The third-order valence-electron chi connectivity index (χ3n) is 2.08. The van der Waals surface area contributed by atoms with Crippen molar-refractivity contribution in [3.8, 4) is 0 Å². The molecule has 0 aliphatic heterocycles. The van der Waals surface area contributed by atoms with Crippen molar-refractivity contribution in [3.05, 3.63) is 0 Å². The number of aliphatic hydroxyl groups excluding tert-OH is 2. The largest absolute Gasteiger partial charge is 0.389 e. The van der Waals surface area contributed by atoms with Gasteiger partial charge in [0.25, 0.3) is 0 Å². The normalized spacial score (nSPS) is 21.3. The Labute approximate surface area is 101 Å². The maximum Gasteiger partial charge on any atom is 0.239 e. The maximum absolute atomic E-state index is 11.1. The highest BCUT2D eigenvalue weighted by Gasteiger charge is 2.50. The van der Waals surface area contributed by atoms with Crippen LogP contribution >= 0.6 is 28.6 Å². The maximum atomic E-state index is 11.1. The van der Waals surface area contributed by atoms with Gasteiger partial charge in [0.15, 0.2) is 5.78 Å². The van der Waals surface area contributed by atoms with E-state index in [-0.39, 0.29) is 0 Å². The third-order valence-corrected chi connectivity index (χ3v) is 2.99. The number of hydrogen-bond donors (Lipinski definition) is 4. The summed E-state index contributed by atoms with van der Waals surface area (Å²) in [5, 5.41) is 27.9. The van der Waals surface area contributed by atoms with Crippen LogP contribution in [0.2, 0.25) is 0 Å². The summed E-state index contributed by atoms with van der Waals surface area (Å²) >= 11 is 6.25. The number of rotatable bonds is 5. The average molecular weight is 301 g/mol. The van der Waals surface area contributed by atoms with Gasteiger partial charge in [-0.1, -0.05) is 6.92 Å². The second kappa shape index (κ2) is 5.40. The first kappa shape index (κ1) is 15.0. The predicted octanol–water partition coefficient (Wildman–Crippen LogP) is -0.732. The molecule has 0 radical (unpaired) electrons. The molecule has 88 valence electrons. The smallest absolute Gasteiger partial charge is 0.239 e. The summed E-state index contributed by atoms with van der Waals surface area (Å²) in [6.45, 7) is 2.40. The number of halogens is 1. The van der Waals surface area contributed by atoms with E-state index in [1.807, 2.05) is 0 Å². The number of carbonyl (C=O) groups is 2. The van der Waals surface area contributed by atoms with Gasteiger partial charge in [-0.25, -0.2) is 0 Å². The molecule has 0 unspecified atom stereocenters. The number of aliphatic hydroxyl groups is 3. The van der Waals surface area contributed by atoms with Gasteiger partial charge in [-0.15, -0.1) is 0 Å². The van der Waals surface area contributed by atoms with Crippen molar-refractivity contribution in [3.63, 3.8) is 0 Å². The standard InChI is InChI=1S/C8H13BrO5S/c1-3(15)5(11)6(12)8(14,4(2)10)7(9)13/h3,5-6,11-12,14-15H,1-2H3/t3-,5-,6+,8-/m1/s1. The Hall–Kier alpha value is 0.0500. The first-order valence-corrected chi connectivity index (χ1v) is 5.44. The second-order valence-corrected chi connectivity index (χ2v) is 4.81. The van der Waals surface area contributed by atoms with Crippen LogP contribution in [0, 0.1) is 0 Å². The number of hydrogen-bond acceptors (Lipinski definition) is 6.